The Labute approximate surface area is 165 Å². The van der Waals surface area contributed by atoms with Crippen LogP contribution < -0.4 is 5.32 Å². The fourth-order valence-corrected chi connectivity index (χ4v) is 2.70. The van der Waals surface area contributed by atoms with Gasteiger partial charge < -0.3 is 5.32 Å². The third-order valence-corrected chi connectivity index (χ3v) is 4.05. The van der Waals surface area contributed by atoms with Gasteiger partial charge in [0, 0.05) is 5.69 Å². The predicted molar refractivity (Wildman–Crippen MR) is 95.6 cm³/mol. The second-order valence-electron chi connectivity index (χ2n) is 6.02. The minimum atomic E-state index is -4.60. The Balaban J connectivity index is 1.55. The zero-order chi connectivity index (χ0) is 21.3. The molecular formula is C18H11F4N7O. The fraction of sp³-hybridized carbons (Fsp3) is 0.0556. The molecule has 4 rings (SSSR count). The van der Waals surface area contributed by atoms with Gasteiger partial charge in [0.1, 0.15) is 18.3 Å². The van der Waals surface area contributed by atoms with E-state index in [0.717, 1.165) is 23.0 Å². The first-order valence-corrected chi connectivity index (χ1v) is 8.38. The van der Waals surface area contributed by atoms with Crippen molar-refractivity contribution in [3.8, 4) is 11.4 Å². The van der Waals surface area contributed by atoms with Gasteiger partial charge in [0.05, 0.1) is 17.4 Å². The quantitative estimate of drug-likeness (QED) is 0.515. The molecule has 2 aromatic carbocycles. The van der Waals surface area contributed by atoms with Crippen molar-refractivity contribution < 1.29 is 22.4 Å². The van der Waals surface area contributed by atoms with E-state index in [0.29, 0.717) is 0 Å². The lowest BCUT2D eigenvalue weighted by molar-refractivity contribution is -0.137. The molecule has 0 bridgehead atoms. The number of nitrogens with zero attached hydrogens (tertiary/aromatic N) is 6. The number of carbonyl (C=O) groups excluding carboxylic acids is 1. The third kappa shape index (κ3) is 3.74. The van der Waals surface area contributed by atoms with Gasteiger partial charge in [-0.3, -0.25) is 4.79 Å². The van der Waals surface area contributed by atoms with Gasteiger partial charge in [-0.15, -0.1) is 5.10 Å². The molecule has 0 aliphatic rings. The maximum absolute atomic E-state index is 14.3. The standard InChI is InChI=1S/C18H11F4N7O/c19-13-7-11(5-6-16(13)29-10-23-9-24-29)25-17(30)14-8-28(27-26-14)15-4-2-1-3-12(15)18(20,21)22/h1-10H,(H,25,30). The van der Waals surface area contributed by atoms with Crippen LogP contribution in [-0.2, 0) is 6.18 Å². The van der Waals surface area contributed by atoms with E-state index in [2.05, 4.69) is 25.7 Å². The second kappa shape index (κ2) is 7.39. The predicted octanol–water partition coefficient (Wildman–Crippen LogP) is 3.26. The maximum Gasteiger partial charge on any atom is 0.418 e. The summed E-state index contributed by atoms with van der Waals surface area (Å²) in [5.74, 6) is -1.43. The molecule has 2 aromatic heterocycles. The Bertz CT molecular complexity index is 1200. The molecule has 30 heavy (non-hydrogen) atoms. The first-order chi connectivity index (χ1) is 14.3. The number of amides is 1. The highest BCUT2D eigenvalue weighted by molar-refractivity contribution is 6.02. The van der Waals surface area contributed by atoms with E-state index >= 15 is 0 Å². The summed E-state index contributed by atoms with van der Waals surface area (Å²) >= 11 is 0. The van der Waals surface area contributed by atoms with E-state index < -0.39 is 23.5 Å². The molecule has 152 valence electrons. The van der Waals surface area contributed by atoms with Crippen LogP contribution in [0, 0.1) is 5.82 Å². The molecule has 0 saturated heterocycles. The summed E-state index contributed by atoms with van der Waals surface area (Å²) in [6.45, 7) is 0. The maximum atomic E-state index is 14.3. The van der Waals surface area contributed by atoms with Crippen molar-refractivity contribution in [2.45, 2.75) is 6.18 Å². The number of halogens is 4. The van der Waals surface area contributed by atoms with Crippen molar-refractivity contribution in [3.05, 3.63) is 78.4 Å². The largest absolute Gasteiger partial charge is 0.418 e. The fourth-order valence-electron chi connectivity index (χ4n) is 2.70. The molecule has 0 saturated carbocycles. The van der Waals surface area contributed by atoms with Crippen LogP contribution >= 0.6 is 0 Å². The molecule has 0 unspecified atom stereocenters. The SMILES string of the molecule is O=C(Nc1ccc(-n2cncn2)c(F)c1)c1cn(-c2ccccc2C(F)(F)F)nn1. The second-order valence-corrected chi connectivity index (χ2v) is 6.02. The Hall–Kier alpha value is -4.09. The van der Waals surface area contributed by atoms with Crippen molar-refractivity contribution in [1.82, 2.24) is 29.8 Å². The van der Waals surface area contributed by atoms with Crippen molar-refractivity contribution in [1.29, 1.82) is 0 Å². The smallest absolute Gasteiger partial charge is 0.320 e. The highest BCUT2D eigenvalue weighted by atomic mass is 19.4. The minimum Gasteiger partial charge on any atom is -0.320 e. The summed E-state index contributed by atoms with van der Waals surface area (Å²) in [7, 11) is 0. The van der Waals surface area contributed by atoms with E-state index in [1.807, 2.05) is 0 Å². The number of anilines is 1. The summed E-state index contributed by atoms with van der Waals surface area (Å²) in [6, 6.07) is 8.64. The molecule has 0 fully saturated rings. The van der Waals surface area contributed by atoms with Crippen molar-refractivity contribution in [2.75, 3.05) is 5.32 Å². The van der Waals surface area contributed by atoms with Crippen LogP contribution in [-0.4, -0.2) is 35.7 Å². The van der Waals surface area contributed by atoms with Crippen LogP contribution in [0.4, 0.5) is 23.2 Å². The van der Waals surface area contributed by atoms with Gasteiger partial charge in [-0.25, -0.2) is 18.7 Å². The monoisotopic (exact) mass is 417 g/mol. The average Bonchev–Trinajstić information content (AvgIpc) is 3.40. The molecule has 0 radical (unpaired) electrons. The zero-order valence-electron chi connectivity index (χ0n) is 14.9. The lowest BCUT2D eigenvalue weighted by Crippen LogP contribution is -2.13. The Morgan fingerprint density at radius 2 is 1.83 bits per heavy atom. The van der Waals surface area contributed by atoms with Crippen molar-refractivity contribution in [2.24, 2.45) is 0 Å². The van der Waals surface area contributed by atoms with Gasteiger partial charge in [-0.1, -0.05) is 17.3 Å². The normalized spacial score (nSPS) is 11.5. The summed E-state index contributed by atoms with van der Waals surface area (Å²) in [5.41, 5.74) is -1.20. The molecule has 0 aliphatic heterocycles. The summed E-state index contributed by atoms with van der Waals surface area (Å²) in [5, 5.41) is 13.4. The Kier molecular flexibility index (Phi) is 4.74. The molecule has 0 spiro atoms. The molecule has 1 N–H and O–H groups in total. The number of nitrogens with one attached hydrogen (secondary N) is 1. The third-order valence-electron chi connectivity index (χ3n) is 4.05. The Morgan fingerprint density at radius 1 is 1.03 bits per heavy atom. The van der Waals surface area contributed by atoms with Crippen LogP contribution in [0.15, 0.2) is 61.3 Å². The number of hydrogen-bond acceptors (Lipinski definition) is 5. The van der Waals surface area contributed by atoms with E-state index in [1.165, 1.54) is 47.7 Å². The first kappa shape index (κ1) is 19.2. The number of carbonyl (C=O) groups is 1. The lowest BCUT2D eigenvalue weighted by atomic mass is 10.1. The van der Waals surface area contributed by atoms with Gasteiger partial charge >= 0.3 is 6.18 Å². The summed E-state index contributed by atoms with van der Waals surface area (Å²) in [4.78, 5) is 16.1. The minimum absolute atomic E-state index is 0.117. The van der Waals surface area contributed by atoms with Gasteiger partial charge in [0.25, 0.3) is 5.91 Å². The number of para-hydroxylation sites is 1. The van der Waals surface area contributed by atoms with Gasteiger partial charge in [0.2, 0.25) is 0 Å². The zero-order valence-corrected chi connectivity index (χ0v) is 14.9. The molecule has 8 nitrogen and oxygen atoms in total. The van der Waals surface area contributed by atoms with E-state index in [4.69, 9.17) is 0 Å². The van der Waals surface area contributed by atoms with Gasteiger partial charge in [-0.2, -0.15) is 18.3 Å². The number of aromatic nitrogens is 6. The molecule has 2 heterocycles. The van der Waals surface area contributed by atoms with Gasteiger partial charge in [0.15, 0.2) is 11.5 Å². The van der Waals surface area contributed by atoms with E-state index in [-0.39, 0.29) is 22.8 Å². The van der Waals surface area contributed by atoms with Crippen LogP contribution in [0.5, 0.6) is 0 Å². The molecule has 4 aromatic rings. The number of rotatable bonds is 4. The molecule has 1 amide bonds. The van der Waals surface area contributed by atoms with Crippen LogP contribution in [0.3, 0.4) is 0 Å². The van der Waals surface area contributed by atoms with Gasteiger partial charge in [-0.05, 0) is 30.3 Å². The highest BCUT2D eigenvalue weighted by Gasteiger charge is 2.34. The van der Waals surface area contributed by atoms with Crippen molar-refractivity contribution >= 4 is 11.6 Å². The van der Waals surface area contributed by atoms with Crippen molar-refractivity contribution in [3.63, 3.8) is 0 Å². The van der Waals surface area contributed by atoms with E-state index in [1.54, 1.807) is 0 Å². The molecule has 12 heteroatoms. The molecule has 0 atom stereocenters. The number of alkyl halides is 3. The molecule has 0 aliphatic carbocycles. The summed E-state index contributed by atoms with van der Waals surface area (Å²) < 4.78 is 55.9. The van der Waals surface area contributed by atoms with Crippen LogP contribution in [0.1, 0.15) is 16.1 Å². The summed E-state index contributed by atoms with van der Waals surface area (Å²) in [6.07, 6.45) is -0.989. The van der Waals surface area contributed by atoms with E-state index in [9.17, 15) is 22.4 Å². The topological polar surface area (TPSA) is 90.5 Å². The molecular weight excluding hydrogens is 406 g/mol. The lowest BCUT2D eigenvalue weighted by Gasteiger charge is -2.11. The number of benzene rings is 2. The Morgan fingerprint density at radius 3 is 2.53 bits per heavy atom. The van der Waals surface area contributed by atoms with Crippen LogP contribution in [0.25, 0.3) is 11.4 Å². The van der Waals surface area contributed by atoms with Crippen LogP contribution in [0.2, 0.25) is 0 Å². The highest BCUT2D eigenvalue weighted by Crippen LogP contribution is 2.33. The first-order valence-electron chi connectivity index (χ1n) is 8.38. The average molecular weight is 417 g/mol. The number of hydrogen-bond donors (Lipinski definition) is 1.